The Morgan fingerprint density at radius 3 is 2.59 bits per heavy atom. The molecule has 0 saturated carbocycles. The van der Waals surface area contributed by atoms with Gasteiger partial charge < -0.3 is 10.6 Å². The molecule has 0 spiro atoms. The smallest absolute Gasteiger partial charge is 0.250 e. The molecule has 1 rings (SSSR count). The van der Waals surface area contributed by atoms with Crippen LogP contribution in [0.4, 0.5) is 0 Å². The molecule has 0 aliphatic rings. The highest BCUT2D eigenvalue weighted by atomic mass is 32.2. The van der Waals surface area contributed by atoms with Gasteiger partial charge in [0.2, 0.25) is 5.91 Å². The number of thiophene rings is 1. The van der Waals surface area contributed by atoms with E-state index >= 15 is 0 Å². The molecular weight excluding hydrogens is 262 g/mol. The van der Waals surface area contributed by atoms with Crippen LogP contribution in [0.2, 0.25) is 0 Å². The fourth-order valence-corrected chi connectivity index (χ4v) is 3.25. The molecule has 6 nitrogen and oxygen atoms in total. The van der Waals surface area contributed by atoms with E-state index < -0.39 is 10.0 Å². The largest absolute Gasteiger partial charge is 0.348 e. The lowest BCUT2D eigenvalue weighted by Gasteiger charge is -2.10. The zero-order chi connectivity index (χ0) is 13.1. The number of likely N-dealkylation sites (N-methyl/N-ethyl adjacent to an activating group) is 1. The molecule has 1 aromatic heterocycles. The van der Waals surface area contributed by atoms with Gasteiger partial charge >= 0.3 is 0 Å². The maximum atomic E-state index is 11.8. The average Bonchev–Trinajstić information content (AvgIpc) is 2.75. The normalized spacial score (nSPS) is 11.5. The molecule has 1 amide bonds. The molecule has 1 aromatic rings. The van der Waals surface area contributed by atoms with Gasteiger partial charge in [0.1, 0.15) is 4.21 Å². The summed E-state index contributed by atoms with van der Waals surface area (Å²) in [6.45, 7) is 0.0575. The number of nitrogens with zero attached hydrogens (tertiary/aromatic N) is 1. The van der Waals surface area contributed by atoms with Crippen LogP contribution in [0.3, 0.4) is 0 Å². The summed E-state index contributed by atoms with van der Waals surface area (Å²) in [6, 6.07) is 3.14. The van der Waals surface area contributed by atoms with Gasteiger partial charge in [0.25, 0.3) is 10.0 Å². The molecule has 0 bridgehead atoms. The van der Waals surface area contributed by atoms with Crippen molar-refractivity contribution in [2.75, 3.05) is 20.6 Å². The molecule has 8 heteroatoms. The zero-order valence-corrected chi connectivity index (χ0v) is 11.3. The fourth-order valence-electron chi connectivity index (χ4n) is 0.998. The van der Waals surface area contributed by atoms with E-state index in [0.29, 0.717) is 6.54 Å². The molecule has 0 atom stereocenters. The number of sulfonamides is 1. The summed E-state index contributed by atoms with van der Waals surface area (Å²) in [6.07, 6.45) is 0. The Balaban J connectivity index is 2.72. The van der Waals surface area contributed by atoms with Crippen molar-refractivity contribution in [3.05, 3.63) is 17.0 Å². The average molecular weight is 277 g/mol. The van der Waals surface area contributed by atoms with Crippen LogP contribution in [0, 0.1) is 0 Å². The van der Waals surface area contributed by atoms with Gasteiger partial charge in [-0.1, -0.05) is 0 Å². The quantitative estimate of drug-likeness (QED) is 0.764. The van der Waals surface area contributed by atoms with Gasteiger partial charge in [-0.05, 0) is 12.1 Å². The van der Waals surface area contributed by atoms with Crippen molar-refractivity contribution in [2.45, 2.75) is 10.8 Å². The van der Waals surface area contributed by atoms with E-state index in [1.54, 1.807) is 20.2 Å². The van der Waals surface area contributed by atoms with E-state index in [1.807, 2.05) is 0 Å². The molecule has 0 saturated heterocycles. The van der Waals surface area contributed by atoms with Crippen LogP contribution in [0.5, 0.6) is 0 Å². The van der Waals surface area contributed by atoms with Crippen molar-refractivity contribution < 1.29 is 13.2 Å². The first-order valence-corrected chi connectivity index (χ1v) is 7.15. The molecule has 0 aliphatic carbocycles. The van der Waals surface area contributed by atoms with E-state index in [0.717, 1.165) is 16.2 Å². The van der Waals surface area contributed by atoms with Gasteiger partial charge in [-0.3, -0.25) is 4.79 Å². The Bertz CT molecular complexity index is 493. The summed E-state index contributed by atoms with van der Waals surface area (Å²) in [4.78, 5) is 13.4. The fraction of sp³-hybridized carbons (Fsp3) is 0.444. The summed E-state index contributed by atoms with van der Waals surface area (Å²) < 4.78 is 26.0. The second kappa shape index (κ2) is 5.58. The van der Waals surface area contributed by atoms with Crippen molar-refractivity contribution in [3.8, 4) is 0 Å². The number of hydrogen-bond acceptors (Lipinski definition) is 5. The van der Waals surface area contributed by atoms with Crippen LogP contribution in [-0.2, 0) is 21.4 Å². The van der Waals surface area contributed by atoms with E-state index in [-0.39, 0.29) is 16.7 Å². The van der Waals surface area contributed by atoms with Gasteiger partial charge in [0.15, 0.2) is 0 Å². The van der Waals surface area contributed by atoms with Crippen LogP contribution in [-0.4, -0.2) is 39.9 Å². The van der Waals surface area contributed by atoms with Crippen molar-refractivity contribution in [2.24, 2.45) is 5.73 Å². The topological polar surface area (TPSA) is 92.5 Å². The second-order valence-electron chi connectivity index (χ2n) is 3.54. The molecule has 0 radical (unpaired) electrons. The highest BCUT2D eigenvalue weighted by Crippen LogP contribution is 2.20. The van der Waals surface area contributed by atoms with Gasteiger partial charge in [0, 0.05) is 25.5 Å². The monoisotopic (exact) mass is 277 g/mol. The molecule has 96 valence electrons. The second-order valence-corrected chi connectivity index (χ2v) is 6.70. The van der Waals surface area contributed by atoms with E-state index in [9.17, 15) is 13.2 Å². The van der Waals surface area contributed by atoms with Crippen molar-refractivity contribution in [3.63, 3.8) is 0 Å². The lowest BCUT2D eigenvalue weighted by atomic mass is 10.5. The number of hydrogen-bond donors (Lipinski definition) is 2. The third kappa shape index (κ3) is 3.77. The predicted octanol–water partition coefficient (Wildman–Crippen LogP) is -0.427. The Morgan fingerprint density at radius 2 is 2.12 bits per heavy atom. The van der Waals surface area contributed by atoms with E-state index in [2.05, 4.69) is 4.72 Å². The number of nitrogens with two attached hydrogens (primary N) is 1. The third-order valence-electron chi connectivity index (χ3n) is 2.02. The first-order chi connectivity index (χ1) is 7.86. The Kier molecular flexibility index (Phi) is 4.63. The Hall–Kier alpha value is -0.960. The van der Waals surface area contributed by atoms with Crippen molar-refractivity contribution in [1.82, 2.24) is 9.62 Å². The predicted molar refractivity (Wildman–Crippen MR) is 66.1 cm³/mol. The first kappa shape index (κ1) is 14.1. The minimum Gasteiger partial charge on any atom is -0.348 e. The van der Waals surface area contributed by atoms with Gasteiger partial charge in [0.05, 0.1) is 6.54 Å². The molecule has 17 heavy (non-hydrogen) atoms. The maximum absolute atomic E-state index is 11.8. The van der Waals surface area contributed by atoms with Crippen molar-refractivity contribution >= 4 is 27.3 Å². The van der Waals surface area contributed by atoms with Crippen LogP contribution in [0.25, 0.3) is 0 Å². The molecule has 1 heterocycles. The van der Waals surface area contributed by atoms with Crippen molar-refractivity contribution in [1.29, 1.82) is 0 Å². The maximum Gasteiger partial charge on any atom is 0.250 e. The SMILES string of the molecule is CN(C)C(=O)CNS(=O)(=O)c1ccc(CN)s1. The third-order valence-corrected chi connectivity index (χ3v) is 5.02. The number of rotatable bonds is 5. The van der Waals surface area contributed by atoms with Gasteiger partial charge in [-0.15, -0.1) is 11.3 Å². The van der Waals surface area contributed by atoms with Gasteiger partial charge in [-0.2, -0.15) is 0 Å². The summed E-state index contributed by atoms with van der Waals surface area (Å²) in [7, 11) is -0.485. The zero-order valence-electron chi connectivity index (χ0n) is 9.63. The van der Waals surface area contributed by atoms with E-state index in [4.69, 9.17) is 5.73 Å². The number of carbonyl (C=O) groups excluding carboxylic acids is 1. The lowest BCUT2D eigenvalue weighted by molar-refractivity contribution is -0.127. The standard InChI is InChI=1S/C9H15N3O3S2/c1-12(2)8(13)6-11-17(14,15)9-4-3-7(5-10)16-9/h3-4,11H,5-6,10H2,1-2H3. The number of amides is 1. The van der Waals surface area contributed by atoms with Crippen LogP contribution < -0.4 is 10.5 Å². The van der Waals surface area contributed by atoms with Gasteiger partial charge in [-0.25, -0.2) is 13.1 Å². The summed E-state index contributed by atoms with van der Waals surface area (Å²) >= 11 is 1.10. The molecule has 0 aliphatic heterocycles. The molecule has 0 fully saturated rings. The molecular formula is C9H15N3O3S2. The minimum atomic E-state index is -3.61. The van der Waals surface area contributed by atoms with Crippen LogP contribution in [0.15, 0.2) is 16.3 Å². The molecule has 0 unspecified atom stereocenters. The Morgan fingerprint density at radius 1 is 1.47 bits per heavy atom. The lowest BCUT2D eigenvalue weighted by Crippen LogP contribution is -2.35. The highest BCUT2D eigenvalue weighted by Gasteiger charge is 2.18. The summed E-state index contributed by atoms with van der Waals surface area (Å²) in [5, 5.41) is 0. The Labute approximate surface area is 104 Å². The molecule has 3 N–H and O–H groups in total. The summed E-state index contributed by atoms with van der Waals surface area (Å²) in [5.41, 5.74) is 5.40. The first-order valence-electron chi connectivity index (χ1n) is 4.85. The van der Waals surface area contributed by atoms with E-state index in [1.165, 1.54) is 11.0 Å². The number of nitrogens with one attached hydrogen (secondary N) is 1. The number of carbonyl (C=O) groups is 1. The summed E-state index contributed by atoms with van der Waals surface area (Å²) in [5.74, 6) is -0.302. The molecule has 0 aromatic carbocycles. The highest BCUT2D eigenvalue weighted by molar-refractivity contribution is 7.91. The van der Waals surface area contributed by atoms with Crippen LogP contribution in [0.1, 0.15) is 4.88 Å². The minimum absolute atomic E-state index is 0.171. The van der Waals surface area contributed by atoms with Crippen LogP contribution >= 0.6 is 11.3 Å².